The summed E-state index contributed by atoms with van der Waals surface area (Å²) in [5, 5.41) is 3.21. The van der Waals surface area contributed by atoms with Gasteiger partial charge >= 0.3 is 0 Å². The SMILES string of the molecule is CCN(C)C=Nc1cc(F)cc(NCc2ccc(F)c(C)c2)c1C. The first-order chi connectivity index (χ1) is 11.4. The van der Waals surface area contributed by atoms with E-state index in [4.69, 9.17) is 0 Å². The van der Waals surface area contributed by atoms with Crippen molar-refractivity contribution in [3.63, 3.8) is 0 Å². The lowest BCUT2D eigenvalue weighted by Crippen LogP contribution is -2.14. The van der Waals surface area contributed by atoms with E-state index in [1.165, 1.54) is 18.2 Å². The predicted molar refractivity (Wildman–Crippen MR) is 96.1 cm³/mol. The Hall–Kier alpha value is -2.43. The Kier molecular flexibility index (Phi) is 5.90. The Morgan fingerprint density at radius 2 is 1.92 bits per heavy atom. The quantitative estimate of drug-likeness (QED) is 0.608. The fraction of sp³-hybridized carbons (Fsp3) is 0.316. The smallest absolute Gasteiger partial charge is 0.127 e. The number of hydrogen-bond acceptors (Lipinski definition) is 2. The van der Waals surface area contributed by atoms with E-state index in [9.17, 15) is 8.78 Å². The summed E-state index contributed by atoms with van der Waals surface area (Å²) in [5.74, 6) is -0.568. The number of aliphatic imine (C=N–C) groups is 1. The zero-order chi connectivity index (χ0) is 17.7. The number of hydrogen-bond donors (Lipinski definition) is 1. The second-order valence-corrected chi connectivity index (χ2v) is 5.85. The molecular formula is C19H23F2N3. The number of nitrogens with zero attached hydrogens (tertiary/aromatic N) is 2. The largest absolute Gasteiger partial charge is 0.381 e. The summed E-state index contributed by atoms with van der Waals surface area (Å²) in [5.41, 5.74) is 3.68. The van der Waals surface area contributed by atoms with Crippen LogP contribution in [0.1, 0.15) is 23.6 Å². The molecule has 0 fully saturated rings. The minimum atomic E-state index is -0.343. The normalized spacial score (nSPS) is 11.1. The Morgan fingerprint density at radius 1 is 1.17 bits per heavy atom. The zero-order valence-electron chi connectivity index (χ0n) is 14.5. The van der Waals surface area contributed by atoms with Gasteiger partial charge in [-0.25, -0.2) is 13.8 Å². The lowest BCUT2D eigenvalue weighted by Gasteiger charge is -2.13. The van der Waals surface area contributed by atoms with Gasteiger partial charge in [0.2, 0.25) is 0 Å². The molecule has 0 bridgehead atoms. The second-order valence-electron chi connectivity index (χ2n) is 5.85. The molecule has 0 aromatic heterocycles. The molecule has 0 saturated heterocycles. The van der Waals surface area contributed by atoms with Crippen LogP contribution in [0.25, 0.3) is 0 Å². The summed E-state index contributed by atoms with van der Waals surface area (Å²) in [4.78, 5) is 6.27. The summed E-state index contributed by atoms with van der Waals surface area (Å²) in [6.07, 6.45) is 1.69. The summed E-state index contributed by atoms with van der Waals surface area (Å²) in [7, 11) is 1.91. The molecule has 0 amide bonds. The van der Waals surface area contributed by atoms with Crippen molar-refractivity contribution < 1.29 is 8.78 Å². The van der Waals surface area contributed by atoms with Crippen LogP contribution in [0.3, 0.4) is 0 Å². The highest BCUT2D eigenvalue weighted by atomic mass is 19.1. The Balaban J connectivity index is 2.19. The van der Waals surface area contributed by atoms with Crippen molar-refractivity contribution in [1.29, 1.82) is 0 Å². The molecule has 0 atom stereocenters. The van der Waals surface area contributed by atoms with Crippen LogP contribution in [-0.2, 0) is 6.54 Å². The van der Waals surface area contributed by atoms with E-state index in [0.29, 0.717) is 23.5 Å². The van der Waals surface area contributed by atoms with Gasteiger partial charge in [0.05, 0.1) is 12.0 Å². The molecule has 2 aromatic rings. The van der Waals surface area contributed by atoms with Gasteiger partial charge in [0.1, 0.15) is 11.6 Å². The van der Waals surface area contributed by atoms with Crippen molar-refractivity contribution >= 4 is 17.7 Å². The number of benzene rings is 2. The van der Waals surface area contributed by atoms with E-state index in [0.717, 1.165) is 17.7 Å². The van der Waals surface area contributed by atoms with Gasteiger partial charge in [-0.1, -0.05) is 12.1 Å². The topological polar surface area (TPSA) is 27.6 Å². The van der Waals surface area contributed by atoms with Crippen LogP contribution < -0.4 is 5.32 Å². The highest BCUT2D eigenvalue weighted by molar-refractivity contribution is 5.68. The molecule has 2 rings (SSSR count). The van der Waals surface area contributed by atoms with Crippen LogP contribution in [0.2, 0.25) is 0 Å². The molecular weight excluding hydrogens is 308 g/mol. The molecule has 5 heteroatoms. The van der Waals surface area contributed by atoms with E-state index in [2.05, 4.69) is 10.3 Å². The number of nitrogens with one attached hydrogen (secondary N) is 1. The van der Waals surface area contributed by atoms with Gasteiger partial charge in [0, 0.05) is 25.8 Å². The first-order valence-electron chi connectivity index (χ1n) is 7.94. The maximum Gasteiger partial charge on any atom is 0.127 e. The molecule has 0 spiro atoms. The van der Waals surface area contributed by atoms with Crippen LogP contribution in [0.15, 0.2) is 35.3 Å². The van der Waals surface area contributed by atoms with E-state index in [1.54, 1.807) is 25.4 Å². The summed E-state index contributed by atoms with van der Waals surface area (Å²) in [6, 6.07) is 7.82. The Bertz CT molecular complexity index is 742. The van der Waals surface area contributed by atoms with Crippen LogP contribution in [0.5, 0.6) is 0 Å². The Morgan fingerprint density at radius 3 is 2.58 bits per heavy atom. The molecule has 128 valence electrons. The van der Waals surface area contributed by atoms with Crippen molar-refractivity contribution in [2.45, 2.75) is 27.3 Å². The second kappa shape index (κ2) is 7.90. The van der Waals surface area contributed by atoms with Gasteiger partial charge in [0.15, 0.2) is 0 Å². The monoisotopic (exact) mass is 331 g/mol. The third-order valence-corrected chi connectivity index (χ3v) is 3.94. The minimum absolute atomic E-state index is 0.225. The first-order valence-corrected chi connectivity index (χ1v) is 7.94. The number of aryl methyl sites for hydroxylation is 1. The van der Waals surface area contributed by atoms with Gasteiger partial charge in [-0.3, -0.25) is 0 Å². The predicted octanol–water partition coefficient (Wildman–Crippen LogP) is 4.81. The fourth-order valence-corrected chi connectivity index (χ4v) is 2.24. The molecule has 0 aliphatic rings. The van der Waals surface area contributed by atoms with E-state index in [1.807, 2.05) is 25.8 Å². The summed E-state index contributed by atoms with van der Waals surface area (Å²) >= 11 is 0. The van der Waals surface area contributed by atoms with Crippen molar-refractivity contribution in [3.8, 4) is 0 Å². The average Bonchev–Trinajstić information content (AvgIpc) is 2.56. The number of rotatable bonds is 6. The van der Waals surface area contributed by atoms with Gasteiger partial charge in [-0.2, -0.15) is 0 Å². The number of anilines is 1. The first kappa shape index (κ1) is 17.9. The molecule has 24 heavy (non-hydrogen) atoms. The highest BCUT2D eigenvalue weighted by Crippen LogP contribution is 2.28. The molecule has 3 nitrogen and oxygen atoms in total. The third kappa shape index (κ3) is 4.54. The highest BCUT2D eigenvalue weighted by Gasteiger charge is 2.07. The average molecular weight is 331 g/mol. The maximum atomic E-state index is 13.9. The molecule has 0 unspecified atom stereocenters. The molecule has 1 N–H and O–H groups in total. The molecule has 0 aliphatic heterocycles. The van der Waals surface area contributed by atoms with Crippen LogP contribution in [0.4, 0.5) is 20.2 Å². The van der Waals surface area contributed by atoms with E-state index in [-0.39, 0.29) is 11.6 Å². The van der Waals surface area contributed by atoms with Crippen LogP contribution in [0, 0.1) is 25.5 Å². The lowest BCUT2D eigenvalue weighted by molar-refractivity contribution is 0.552. The van der Waals surface area contributed by atoms with E-state index >= 15 is 0 Å². The van der Waals surface area contributed by atoms with Gasteiger partial charge in [-0.15, -0.1) is 0 Å². The summed E-state index contributed by atoms with van der Waals surface area (Å²) < 4.78 is 27.2. The lowest BCUT2D eigenvalue weighted by atomic mass is 10.1. The van der Waals surface area contributed by atoms with Gasteiger partial charge < -0.3 is 10.2 Å². The van der Waals surface area contributed by atoms with Crippen LogP contribution in [-0.4, -0.2) is 24.8 Å². The molecule has 2 aromatic carbocycles. The zero-order valence-corrected chi connectivity index (χ0v) is 14.5. The molecule has 0 heterocycles. The molecule has 0 saturated carbocycles. The number of halogens is 2. The van der Waals surface area contributed by atoms with Crippen molar-refractivity contribution in [3.05, 3.63) is 58.7 Å². The molecule has 0 aliphatic carbocycles. The Labute approximate surface area is 142 Å². The third-order valence-electron chi connectivity index (χ3n) is 3.94. The molecule has 0 radical (unpaired) electrons. The van der Waals surface area contributed by atoms with E-state index < -0.39 is 0 Å². The summed E-state index contributed by atoms with van der Waals surface area (Å²) in [6.45, 7) is 6.96. The van der Waals surface area contributed by atoms with Crippen molar-refractivity contribution in [2.75, 3.05) is 18.9 Å². The standard InChI is InChI=1S/C19H23F2N3/c1-5-24(4)12-23-19-10-16(20)9-18(14(19)3)22-11-15-6-7-17(21)13(2)8-15/h6-10,12,22H,5,11H2,1-4H3. The van der Waals surface area contributed by atoms with Crippen LogP contribution >= 0.6 is 0 Å². The van der Waals surface area contributed by atoms with Gasteiger partial charge in [-0.05, 0) is 55.7 Å². The minimum Gasteiger partial charge on any atom is -0.381 e. The fourth-order valence-electron chi connectivity index (χ4n) is 2.24. The maximum absolute atomic E-state index is 13.9. The van der Waals surface area contributed by atoms with Gasteiger partial charge in [0.25, 0.3) is 0 Å². The van der Waals surface area contributed by atoms with Crippen molar-refractivity contribution in [2.24, 2.45) is 4.99 Å². The van der Waals surface area contributed by atoms with Crippen molar-refractivity contribution in [1.82, 2.24) is 4.90 Å².